The van der Waals surface area contributed by atoms with Crippen LogP contribution in [0, 0.1) is 23.3 Å². The quantitative estimate of drug-likeness (QED) is 0.181. The molecule has 28 heavy (non-hydrogen) atoms. The van der Waals surface area contributed by atoms with Crippen LogP contribution in [0.15, 0.2) is 54.6 Å². The fourth-order valence-electron chi connectivity index (χ4n) is 3.30. The molecule has 0 saturated heterocycles. The Morgan fingerprint density at radius 1 is 0.571 bits per heavy atom. The molecule has 0 unspecified atom stereocenters. The highest BCUT2D eigenvalue weighted by Crippen LogP contribution is 2.41. The minimum absolute atomic E-state index is 0.246. The van der Waals surface area contributed by atoms with E-state index in [1.54, 1.807) is 42.5 Å². The molecule has 0 aliphatic carbocycles. The van der Waals surface area contributed by atoms with E-state index in [0.717, 1.165) is 5.39 Å². The standard InChI is InChI=1S/C21H9F7/c22-17-15(18(23)20(25)16(19(17)24)21(26,27)28)13-7-3-6-12-8-10-4-1-2-5-11(10)9-14(12)13/h1-9H. The number of halogens is 7. The number of benzene rings is 4. The second kappa shape index (κ2) is 6.22. The number of hydrogen-bond acceptors (Lipinski definition) is 0. The Bertz CT molecular complexity index is 1210. The van der Waals surface area contributed by atoms with E-state index in [4.69, 9.17) is 0 Å². The average molecular weight is 394 g/mol. The molecule has 4 aromatic rings. The maximum atomic E-state index is 14.5. The minimum atomic E-state index is -5.58. The van der Waals surface area contributed by atoms with Gasteiger partial charge in [-0.2, -0.15) is 13.2 Å². The Morgan fingerprint density at radius 2 is 1.11 bits per heavy atom. The molecule has 0 aliphatic rings. The highest BCUT2D eigenvalue weighted by Gasteiger charge is 2.42. The van der Waals surface area contributed by atoms with Crippen LogP contribution in [0.25, 0.3) is 32.7 Å². The highest BCUT2D eigenvalue weighted by molar-refractivity contribution is 6.05. The molecular weight excluding hydrogens is 385 g/mol. The molecule has 0 spiro atoms. The summed E-state index contributed by atoms with van der Waals surface area (Å²) in [4.78, 5) is 0. The molecule has 0 nitrogen and oxygen atoms in total. The van der Waals surface area contributed by atoms with Crippen molar-refractivity contribution in [2.45, 2.75) is 6.18 Å². The minimum Gasteiger partial charge on any atom is -0.203 e. The van der Waals surface area contributed by atoms with Crippen LogP contribution in [0.3, 0.4) is 0 Å². The molecule has 0 aliphatic heterocycles. The van der Waals surface area contributed by atoms with Crippen LogP contribution in [-0.2, 0) is 6.18 Å². The predicted octanol–water partition coefficient (Wildman–Crippen LogP) is 7.24. The molecule has 0 N–H and O–H groups in total. The van der Waals surface area contributed by atoms with Crippen LogP contribution in [0.1, 0.15) is 5.56 Å². The van der Waals surface area contributed by atoms with Gasteiger partial charge in [-0.1, -0.05) is 42.5 Å². The number of hydrogen-bond donors (Lipinski definition) is 0. The van der Waals surface area contributed by atoms with E-state index in [0.29, 0.717) is 10.8 Å². The Labute approximate surface area is 153 Å². The molecule has 7 heteroatoms. The molecule has 142 valence electrons. The Hall–Kier alpha value is -3.09. The van der Waals surface area contributed by atoms with Gasteiger partial charge in [0.05, 0.1) is 5.56 Å². The van der Waals surface area contributed by atoms with Gasteiger partial charge in [-0.05, 0) is 39.2 Å². The smallest absolute Gasteiger partial charge is 0.203 e. The van der Waals surface area contributed by atoms with Gasteiger partial charge in [0, 0.05) is 0 Å². The summed E-state index contributed by atoms with van der Waals surface area (Å²) in [5.74, 6) is -9.13. The molecule has 0 fully saturated rings. The first-order chi connectivity index (χ1) is 13.2. The maximum absolute atomic E-state index is 14.5. The highest BCUT2D eigenvalue weighted by atomic mass is 19.4. The number of alkyl halides is 3. The van der Waals surface area contributed by atoms with Gasteiger partial charge < -0.3 is 0 Å². The molecular formula is C21H9F7. The lowest BCUT2D eigenvalue weighted by molar-refractivity contribution is -0.143. The molecule has 0 amide bonds. The van der Waals surface area contributed by atoms with Crippen molar-refractivity contribution in [1.82, 2.24) is 0 Å². The van der Waals surface area contributed by atoms with E-state index in [1.165, 1.54) is 12.1 Å². The van der Waals surface area contributed by atoms with Gasteiger partial charge in [-0.3, -0.25) is 0 Å². The summed E-state index contributed by atoms with van der Waals surface area (Å²) in [7, 11) is 0. The predicted molar refractivity (Wildman–Crippen MR) is 91.7 cm³/mol. The van der Waals surface area contributed by atoms with E-state index in [1.807, 2.05) is 0 Å². The van der Waals surface area contributed by atoms with Crippen molar-refractivity contribution in [2.24, 2.45) is 0 Å². The van der Waals surface area contributed by atoms with Gasteiger partial charge in [0.15, 0.2) is 23.3 Å². The zero-order valence-corrected chi connectivity index (χ0v) is 13.8. The third-order valence-corrected chi connectivity index (χ3v) is 4.56. The van der Waals surface area contributed by atoms with Gasteiger partial charge >= 0.3 is 6.18 Å². The Morgan fingerprint density at radius 3 is 1.68 bits per heavy atom. The summed E-state index contributed by atoms with van der Waals surface area (Å²) in [6.07, 6.45) is -5.58. The number of rotatable bonds is 1. The van der Waals surface area contributed by atoms with Crippen molar-refractivity contribution in [3.63, 3.8) is 0 Å². The van der Waals surface area contributed by atoms with Crippen LogP contribution in [0.2, 0.25) is 0 Å². The zero-order valence-electron chi connectivity index (χ0n) is 13.8. The van der Waals surface area contributed by atoms with Gasteiger partial charge in [-0.15, -0.1) is 0 Å². The molecule has 4 rings (SSSR count). The lowest BCUT2D eigenvalue weighted by Gasteiger charge is -2.15. The fraction of sp³-hybridized carbons (Fsp3) is 0.0476. The van der Waals surface area contributed by atoms with E-state index in [2.05, 4.69) is 0 Å². The summed E-state index contributed by atoms with van der Waals surface area (Å²) in [5, 5.41) is 2.27. The van der Waals surface area contributed by atoms with Crippen molar-refractivity contribution in [1.29, 1.82) is 0 Å². The van der Waals surface area contributed by atoms with Crippen molar-refractivity contribution < 1.29 is 30.7 Å². The second-order valence-electron chi connectivity index (χ2n) is 6.23. The Kier molecular flexibility index (Phi) is 4.06. The normalized spacial score (nSPS) is 12.1. The molecule has 0 aromatic heterocycles. The molecule has 0 radical (unpaired) electrons. The molecule has 0 atom stereocenters. The number of fused-ring (bicyclic) bond motifs is 2. The van der Waals surface area contributed by atoms with Gasteiger partial charge in [-0.25, -0.2) is 17.6 Å². The maximum Gasteiger partial charge on any atom is 0.422 e. The van der Waals surface area contributed by atoms with Gasteiger partial charge in [0.2, 0.25) is 0 Å². The monoisotopic (exact) mass is 394 g/mol. The molecule has 0 saturated carbocycles. The Balaban J connectivity index is 2.10. The van der Waals surface area contributed by atoms with Gasteiger partial charge in [0.25, 0.3) is 0 Å². The summed E-state index contributed by atoms with van der Waals surface area (Å²) >= 11 is 0. The van der Waals surface area contributed by atoms with Crippen LogP contribution in [0.4, 0.5) is 30.7 Å². The first-order valence-electron chi connectivity index (χ1n) is 8.05. The third kappa shape index (κ3) is 2.69. The van der Waals surface area contributed by atoms with Crippen molar-refractivity contribution in [3.05, 3.63) is 83.4 Å². The second-order valence-corrected chi connectivity index (χ2v) is 6.23. The van der Waals surface area contributed by atoms with Gasteiger partial charge in [0.1, 0.15) is 5.56 Å². The molecule has 4 aromatic carbocycles. The van der Waals surface area contributed by atoms with E-state index < -0.39 is 40.6 Å². The lowest BCUT2D eigenvalue weighted by atomic mass is 9.93. The third-order valence-electron chi connectivity index (χ3n) is 4.56. The lowest BCUT2D eigenvalue weighted by Crippen LogP contribution is -2.16. The van der Waals surface area contributed by atoms with Crippen molar-refractivity contribution in [2.75, 3.05) is 0 Å². The SMILES string of the molecule is Fc1c(F)c(C(F)(F)F)c(F)c(F)c1-c1cccc2cc3ccccc3cc12. The zero-order chi connectivity index (χ0) is 20.2. The van der Waals surface area contributed by atoms with Crippen molar-refractivity contribution >= 4 is 21.5 Å². The summed E-state index contributed by atoms with van der Waals surface area (Å²) in [6.45, 7) is 0. The van der Waals surface area contributed by atoms with E-state index in [9.17, 15) is 30.7 Å². The van der Waals surface area contributed by atoms with Crippen LogP contribution >= 0.6 is 0 Å². The first-order valence-corrected chi connectivity index (χ1v) is 8.05. The average Bonchev–Trinajstić information content (AvgIpc) is 2.64. The van der Waals surface area contributed by atoms with Crippen LogP contribution in [-0.4, -0.2) is 0 Å². The summed E-state index contributed by atoms with van der Waals surface area (Å²) in [6, 6.07) is 14.5. The topological polar surface area (TPSA) is 0 Å². The molecule has 0 heterocycles. The summed E-state index contributed by atoms with van der Waals surface area (Å²) < 4.78 is 95.5. The summed E-state index contributed by atoms with van der Waals surface area (Å²) in [5.41, 5.74) is -4.01. The van der Waals surface area contributed by atoms with Crippen molar-refractivity contribution in [3.8, 4) is 11.1 Å². The first kappa shape index (κ1) is 18.3. The fourth-order valence-corrected chi connectivity index (χ4v) is 3.30. The largest absolute Gasteiger partial charge is 0.422 e. The molecule has 0 bridgehead atoms. The van der Waals surface area contributed by atoms with Crippen LogP contribution < -0.4 is 0 Å². The van der Waals surface area contributed by atoms with E-state index >= 15 is 0 Å². The van der Waals surface area contributed by atoms with Crippen LogP contribution in [0.5, 0.6) is 0 Å². The van der Waals surface area contributed by atoms with E-state index in [-0.39, 0.29) is 10.9 Å².